The Kier molecular flexibility index (Phi) is 5.33. The SMILES string of the molecule is CCc1nn(C)c(CC(=O)C(CC)CN)c1Br. The highest BCUT2D eigenvalue weighted by atomic mass is 79.9. The number of halogens is 1. The topological polar surface area (TPSA) is 60.9 Å². The highest BCUT2D eigenvalue weighted by molar-refractivity contribution is 9.10. The summed E-state index contributed by atoms with van der Waals surface area (Å²) in [5, 5.41) is 4.38. The quantitative estimate of drug-likeness (QED) is 0.872. The Bertz CT molecular complexity index is 397. The van der Waals surface area contributed by atoms with Crippen molar-refractivity contribution in [1.82, 2.24) is 9.78 Å². The largest absolute Gasteiger partial charge is 0.330 e. The minimum Gasteiger partial charge on any atom is -0.330 e. The minimum atomic E-state index is -0.0399. The van der Waals surface area contributed by atoms with E-state index in [4.69, 9.17) is 5.73 Å². The van der Waals surface area contributed by atoms with Gasteiger partial charge in [-0.1, -0.05) is 13.8 Å². The average molecular weight is 302 g/mol. The standard InChI is InChI=1S/C12H20BrN3O/c1-4-8(7-14)11(17)6-10-12(13)9(5-2)15-16(10)3/h8H,4-7,14H2,1-3H3. The summed E-state index contributed by atoms with van der Waals surface area (Å²) in [6.45, 7) is 4.46. The number of carbonyl (C=O) groups is 1. The predicted molar refractivity (Wildman–Crippen MR) is 71.8 cm³/mol. The normalized spacial score (nSPS) is 12.8. The molecule has 1 rings (SSSR count). The summed E-state index contributed by atoms with van der Waals surface area (Å²) in [5.41, 5.74) is 7.53. The second-order valence-electron chi connectivity index (χ2n) is 4.17. The van der Waals surface area contributed by atoms with Crippen molar-refractivity contribution in [3.05, 3.63) is 15.9 Å². The Labute approximate surface area is 111 Å². The average Bonchev–Trinajstić information content (AvgIpc) is 2.58. The molecule has 5 heteroatoms. The molecule has 4 nitrogen and oxygen atoms in total. The maximum atomic E-state index is 12.0. The number of carbonyl (C=O) groups excluding carboxylic acids is 1. The van der Waals surface area contributed by atoms with Gasteiger partial charge in [-0.15, -0.1) is 0 Å². The molecule has 17 heavy (non-hydrogen) atoms. The molecule has 0 fully saturated rings. The Morgan fingerprint density at radius 3 is 2.59 bits per heavy atom. The lowest BCUT2D eigenvalue weighted by Crippen LogP contribution is -2.25. The second-order valence-corrected chi connectivity index (χ2v) is 4.96. The van der Waals surface area contributed by atoms with Crippen LogP contribution in [-0.2, 0) is 24.7 Å². The van der Waals surface area contributed by atoms with E-state index in [2.05, 4.69) is 21.0 Å². The van der Waals surface area contributed by atoms with Crippen molar-refractivity contribution in [2.75, 3.05) is 6.54 Å². The van der Waals surface area contributed by atoms with Gasteiger partial charge < -0.3 is 5.73 Å². The monoisotopic (exact) mass is 301 g/mol. The van der Waals surface area contributed by atoms with Crippen molar-refractivity contribution in [2.24, 2.45) is 18.7 Å². The third-order valence-electron chi connectivity index (χ3n) is 3.08. The van der Waals surface area contributed by atoms with Crippen LogP contribution in [0.15, 0.2) is 4.47 Å². The molecule has 0 aliphatic rings. The number of hydrogen-bond acceptors (Lipinski definition) is 3. The molecule has 1 heterocycles. The van der Waals surface area contributed by atoms with Gasteiger partial charge in [0.25, 0.3) is 0 Å². The second kappa shape index (κ2) is 6.31. The first-order chi connectivity index (χ1) is 8.04. The van der Waals surface area contributed by atoms with E-state index in [-0.39, 0.29) is 11.7 Å². The molecule has 1 aromatic rings. The molecule has 0 saturated carbocycles. The van der Waals surface area contributed by atoms with Crippen LogP contribution in [-0.4, -0.2) is 22.1 Å². The van der Waals surface area contributed by atoms with E-state index >= 15 is 0 Å². The van der Waals surface area contributed by atoms with Gasteiger partial charge in [0.05, 0.1) is 15.9 Å². The van der Waals surface area contributed by atoms with Crippen molar-refractivity contribution in [2.45, 2.75) is 33.1 Å². The molecule has 1 atom stereocenters. The molecule has 1 unspecified atom stereocenters. The van der Waals surface area contributed by atoms with E-state index in [1.165, 1.54) is 0 Å². The zero-order chi connectivity index (χ0) is 13.0. The number of nitrogens with two attached hydrogens (primary N) is 1. The number of hydrogen-bond donors (Lipinski definition) is 1. The fraction of sp³-hybridized carbons (Fsp3) is 0.667. The summed E-state index contributed by atoms with van der Waals surface area (Å²) >= 11 is 3.52. The highest BCUT2D eigenvalue weighted by Gasteiger charge is 2.20. The number of aromatic nitrogens is 2. The van der Waals surface area contributed by atoms with E-state index in [0.29, 0.717) is 13.0 Å². The van der Waals surface area contributed by atoms with Crippen molar-refractivity contribution >= 4 is 21.7 Å². The maximum absolute atomic E-state index is 12.0. The van der Waals surface area contributed by atoms with Crippen LogP contribution in [0.2, 0.25) is 0 Å². The fourth-order valence-corrected chi connectivity index (χ4v) is 2.60. The van der Waals surface area contributed by atoms with E-state index in [1.54, 1.807) is 4.68 Å². The molecule has 96 valence electrons. The lowest BCUT2D eigenvalue weighted by Gasteiger charge is -2.11. The number of aryl methyl sites for hydroxylation is 2. The van der Waals surface area contributed by atoms with Gasteiger partial charge in [-0.05, 0) is 28.8 Å². The number of rotatable bonds is 6. The third-order valence-corrected chi connectivity index (χ3v) is 3.99. The summed E-state index contributed by atoms with van der Waals surface area (Å²) in [4.78, 5) is 12.0. The van der Waals surface area contributed by atoms with E-state index < -0.39 is 0 Å². The van der Waals surface area contributed by atoms with E-state index in [0.717, 1.165) is 28.7 Å². The predicted octanol–water partition coefficient (Wildman–Crippen LogP) is 1.84. The summed E-state index contributed by atoms with van der Waals surface area (Å²) in [6, 6.07) is 0. The van der Waals surface area contributed by atoms with Crippen LogP contribution in [0, 0.1) is 5.92 Å². The van der Waals surface area contributed by atoms with E-state index in [1.807, 2.05) is 20.9 Å². The smallest absolute Gasteiger partial charge is 0.143 e. The lowest BCUT2D eigenvalue weighted by molar-refractivity contribution is -0.122. The molecule has 0 saturated heterocycles. The first-order valence-electron chi connectivity index (χ1n) is 5.98. The van der Waals surface area contributed by atoms with Crippen LogP contribution >= 0.6 is 15.9 Å². The highest BCUT2D eigenvalue weighted by Crippen LogP contribution is 2.23. The number of nitrogens with zero attached hydrogens (tertiary/aromatic N) is 2. The van der Waals surface area contributed by atoms with Crippen LogP contribution in [0.4, 0.5) is 0 Å². The van der Waals surface area contributed by atoms with Gasteiger partial charge in [0.1, 0.15) is 5.78 Å². The molecule has 0 amide bonds. The number of ketones is 1. The maximum Gasteiger partial charge on any atom is 0.143 e. The molecule has 0 aromatic carbocycles. The van der Waals surface area contributed by atoms with E-state index in [9.17, 15) is 4.79 Å². The van der Waals surface area contributed by atoms with Crippen LogP contribution in [0.5, 0.6) is 0 Å². The molecular formula is C12H20BrN3O. The van der Waals surface area contributed by atoms with Crippen LogP contribution in [0.25, 0.3) is 0 Å². The lowest BCUT2D eigenvalue weighted by atomic mass is 9.97. The van der Waals surface area contributed by atoms with Gasteiger partial charge >= 0.3 is 0 Å². The van der Waals surface area contributed by atoms with Gasteiger partial charge in [-0.25, -0.2) is 0 Å². The zero-order valence-electron chi connectivity index (χ0n) is 10.7. The van der Waals surface area contributed by atoms with Gasteiger partial charge in [-0.3, -0.25) is 9.48 Å². The molecule has 0 radical (unpaired) electrons. The fourth-order valence-electron chi connectivity index (χ4n) is 1.85. The minimum absolute atomic E-state index is 0.0399. The van der Waals surface area contributed by atoms with Gasteiger partial charge in [-0.2, -0.15) is 5.10 Å². The van der Waals surface area contributed by atoms with Gasteiger partial charge in [0, 0.05) is 25.9 Å². The molecule has 0 spiro atoms. The summed E-state index contributed by atoms with van der Waals surface area (Å²) in [5.74, 6) is 0.156. The molecule has 0 aliphatic carbocycles. The number of Topliss-reactive ketones (excluding diaryl/α,β-unsaturated/α-hetero) is 1. The summed E-state index contributed by atoms with van der Waals surface area (Å²) in [6.07, 6.45) is 2.06. The summed E-state index contributed by atoms with van der Waals surface area (Å²) in [7, 11) is 1.87. The summed E-state index contributed by atoms with van der Waals surface area (Å²) < 4.78 is 2.74. The molecule has 0 aliphatic heterocycles. The zero-order valence-corrected chi connectivity index (χ0v) is 12.2. The van der Waals surface area contributed by atoms with Crippen LogP contribution in [0.1, 0.15) is 31.7 Å². The van der Waals surface area contributed by atoms with Gasteiger partial charge in [0.15, 0.2) is 0 Å². The van der Waals surface area contributed by atoms with Crippen LogP contribution < -0.4 is 5.73 Å². The Balaban J connectivity index is 2.88. The molecule has 1 aromatic heterocycles. The molecule has 2 N–H and O–H groups in total. The Morgan fingerprint density at radius 1 is 1.53 bits per heavy atom. The van der Waals surface area contributed by atoms with Gasteiger partial charge in [0.2, 0.25) is 0 Å². The van der Waals surface area contributed by atoms with Crippen molar-refractivity contribution in [3.63, 3.8) is 0 Å². The van der Waals surface area contributed by atoms with Crippen molar-refractivity contribution < 1.29 is 4.79 Å². The van der Waals surface area contributed by atoms with Crippen molar-refractivity contribution in [1.29, 1.82) is 0 Å². The molecule has 0 bridgehead atoms. The molecular weight excluding hydrogens is 282 g/mol. The van der Waals surface area contributed by atoms with Crippen LogP contribution in [0.3, 0.4) is 0 Å². The first kappa shape index (κ1) is 14.4. The Morgan fingerprint density at radius 2 is 2.18 bits per heavy atom. The van der Waals surface area contributed by atoms with Crippen molar-refractivity contribution in [3.8, 4) is 0 Å². The first-order valence-corrected chi connectivity index (χ1v) is 6.77. The third kappa shape index (κ3) is 3.16. The Hall–Kier alpha value is -0.680.